The highest BCUT2D eigenvalue weighted by Crippen LogP contribution is 2.36. The van der Waals surface area contributed by atoms with Crippen molar-refractivity contribution in [3.05, 3.63) is 28.8 Å². The monoisotopic (exact) mass is 294 g/mol. The minimum Gasteiger partial charge on any atom is -0.370 e. The number of rotatable bonds is 4. The second-order valence-corrected chi connectivity index (χ2v) is 7.34. The molecule has 0 bridgehead atoms. The smallest absolute Gasteiger partial charge is 0.0642 e. The fourth-order valence-corrected chi connectivity index (χ4v) is 3.02. The molecule has 0 amide bonds. The van der Waals surface area contributed by atoms with Crippen molar-refractivity contribution >= 4 is 17.3 Å². The van der Waals surface area contributed by atoms with Gasteiger partial charge >= 0.3 is 0 Å². The molecule has 1 saturated heterocycles. The number of benzene rings is 1. The lowest BCUT2D eigenvalue weighted by Crippen LogP contribution is -2.38. The molecule has 2 rings (SSSR count). The van der Waals surface area contributed by atoms with Gasteiger partial charge in [-0.2, -0.15) is 0 Å². The van der Waals surface area contributed by atoms with E-state index in [1.807, 2.05) is 6.07 Å². The second kappa shape index (κ2) is 6.36. The minimum absolute atomic E-state index is 0.466. The summed E-state index contributed by atoms with van der Waals surface area (Å²) in [5.74, 6) is 0. The van der Waals surface area contributed by atoms with Crippen LogP contribution >= 0.6 is 11.6 Å². The summed E-state index contributed by atoms with van der Waals surface area (Å²) >= 11 is 6.48. The number of anilines is 1. The molecule has 2 nitrogen and oxygen atoms in total. The zero-order chi connectivity index (χ0) is 14.8. The molecule has 112 valence electrons. The summed E-state index contributed by atoms with van der Waals surface area (Å²) in [6.07, 6.45) is 2.46. The van der Waals surface area contributed by atoms with Crippen molar-refractivity contribution in [1.29, 1.82) is 0 Å². The molecule has 0 spiro atoms. The van der Waals surface area contributed by atoms with E-state index in [-0.39, 0.29) is 0 Å². The van der Waals surface area contributed by atoms with Gasteiger partial charge in [-0.15, -0.1) is 0 Å². The molecule has 1 heterocycles. The van der Waals surface area contributed by atoms with Crippen LogP contribution in [-0.4, -0.2) is 19.1 Å². The summed E-state index contributed by atoms with van der Waals surface area (Å²) < 4.78 is 0. The van der Waals surface area contributed by atoms with E-state index >= 15 is 0 Å². The number of piperidine rings is 1. The van der Waals surface area contributed by atoms with E-state index in [0.717, 1.165) is 24.7 Å². The van der Waals surface area contributed by atoms with E-state index in [4.69, 9.17) is 11.6 Å². The summed E-state index contributed by atoms with van der Waals surface area (Å²) in [5.41, 5.74) is 3.01. The largest absolute Gasteiger partial charge is 0.370 e. The lowest BCUT2D eigenvalue weighted by molar-refractivity contribution is 0.279. The number of hydrogen-bond donors (Lipinski definition) is 1. The van der Waals surface area contributed by atoms with Crippen LogP contribution in [0, 0.1) is 5.41 Å². The Kier molecular flexibility index (Phi) is 4.98. The molecule has 0 radical (unpaired) electrons. The van der Waals surface area contributed by atoms with E-state index in [1.165, 1.54) is 24.1 Å². The Morgan fingerprint density at radius 2 is 1.90 bits per heavy atom. The molecule has 1 aliphatic rings. The first-order valence-electron chi connectivity index (χ1n) is 7.65. The molecule has 1 aromatic rings. The number of nitrogens with zero attached hydrogens (tertiary/aromatic N) is 1. The Morgan fingerprint density at radius 1 is 1.25 bits per heavy atom. The fourth-order valence-electron chi connectivity index (χ4n) is 2.71. The van der Waals surface area contributed by atoms with Crippen LogP contribution in [-0.2, 0) is 6.54 Å². The first kappa shape index (κ1) is 15.7. The van der Waals surface area contributed by atoms with Gasteiger partial charge in [-0.05, 0) is 29.9 Å². The molecule has 0 atom stereocenters. The lowest BCUT2D eigenvalue weighted by atomic mass is 9.82. The van der Waals surface area contributed by atoms with Crippen LogP contribution in [0.3, 0.4) is 0 Å². The van der Waals surface area contributed by atoms with Gasteiger partial charge < -0.3 is 10.2 Å². The van der Waals surface area contributed by atoms with Crippen LogP contribution < -0.4 is 10.2 Å². The topological polar surface area (TPSA) is 15.3 Å². The molecular weight excluding hydrogens is 268 g/mol. The third kappa shape index (κ3) is 3.89. The zero-order valence-electron chi connectivity index (χ0n) is 13.2. The molecule has 1 aromatic carbocycles. The highest BCUT2D eigenvalue weighted by molar-refractivity contribution is 6.33. The molecule has 1 aliphatic heterocycles. The maximum Gasteiger partial charge on any atom is 0.0642 e. The number of para-hydroxylation sites is 1. The maximum absolute atomic E-state index is 6.48. The van der Waals surface area contributed by atoms with E-state index in [1.54, 1.807) is 0 Å². The average molecular weight is 295 g/mol. The maximum atomic E-state index is 6.48. The Balaban J connectivity index is 2.17. The van der Waals surface area contributed by atoms with Crippen molar-refractivity contribution in [3.63, 3.8) is 0 Å². The summed E-state index contributed by atoms with van der Waals surface area (Å²) in [7, 11) is 0. The van der Waals surface area contributed by atoms with Crippen molar-refractivity contribution < 1.29 is 0 Å². The summed E-state index contributed by atoms with van der Waals surface area (Å²) in [6.45, 7) is 12.2. The SMILES string of the molecule is CC(C)NCc1cccc(Cl)c1N1CCC(C)(C)CC1. The van der Waals surface area contributed by atoms with Gasteiger partial charge in [0, 0.05) is 25.7 Å². The fraction of sp³-hybridized carbons (Fsp3) is 0.647. The number of nitrogens with one attached hydrogen (secondary N) is 1. The van der Waals surface area contributed by atoms with Crippen molar-refractivity contribution in [3.8, 4) is 0 Å². The zero-order valence-corrected chi connectivity index (χ0v) is 13.9. The molecule has 3 heteroatoms. The molecule has 0 aromatic heterocycles. The predicted molar refractivity (Wildman–Crippen MR) is 88.7 cm³/mol. The van der Waals surface area contributed by atoms with E-state index in [9.17, 15) is 0 Å². The summed E-state index contributed by atoms with van der Waals surface area (Å²) in [5, 5.41) is 4.38. The van der Waals surface area contributed by atoms with E-state index in [2.05, 4.69) is 50.0 Å². The van der Waals surface area contributed by atoms with Crippen LogP contribution in [0.1, 0.15) is 46.1 Å². The van der Waals surface area contributed by atoms with Crippen LogP contribution in [0.4, 0.5) is 5.69 Å². The highest BCUT2D eigenvalue weighted by atomic mass is 35.5. The normalized spacial score (nSPS) is 18.6. The molecule has 0 saturated carbocycles. The Bertz CT molecular complexity index is 444. The molecule has 20 heavy (non-hydrogen) atoms. The van der Waals surface area contributed by atoms with Gasteiger partial charge in [-0.25, -0.2) is 0 Å². The van der Waals surface area contributed by atoms with Crippen molar-refractivity contribution in [2.75, 3.05) is 18.0 Å². The lowest BCUT2D eigenvalue weighted by Gasteiger charge is -2.39. The van der Waals surface area contributed by atoms with Gasteiger partial charge in [0.25, 0.3) is 0 Å². The third-order valence-corrected chi connectivity index (χ3v) is 4.51. The first-order valence-corrected chi connectivity index (χ1v) is 8.02. The standard InChI is InChI=1S/C17H27ClN2/c1-13(2)19-12-14-6-5-7-15(18)16(14)20-10-8-17(3,4)9-11-20/h5-7,13,19H,8-12H2,1-4H3. The molecule has 0 unspecified atom stereocenters. The molecule has 1 N–H and O–H groups in total. The van der Waals surface area contributed by atoms with Crippen LogP contribution in [0.5, 0.6) is 0 Å². The van der Waals surface area contributed by atoms with E-state index in [0.29, 0.717) is 11.5 Å². The Hall–Kier alpha value is -0.730. The third-order valence-electron chi connectivity index (χ3n) is 4.20. The van der Waals surface area contributed by atoms with Gasteiger partial charge in [-0.3, -0.25) is 0 Å². The van der Waals surface area contributed by atoms with Crippen molar-refractivity contribution in [1.82, 2.24) is 5.32 Å². The Morgan fingerprint density at radius 3 is 2.50 bits per heavy atom. The van der Waals surface area contributed by atoms with Gasteiger partial charge in [0.15, 0.2) is 0 Å². The highest BCUT2D eigenvalue weighted by Gasteiger charge is 2.27. The minimum atomic E-state index is 0.466. The molecule has 1 fully saturated rings. The summed E-state index contributed by atoms with van der Waals surface area (Å²) in [6, 6.07) is 6.74. The van der Waals surface area contributed by atoms with Crippen LogP contribution in [0.15, 0.2) is 18.2 Å². The average Bonchev–Trinajstić information content (AvgIpc) is 2.37. The number of hydrogen-bond acceptors (Lipinski definition) is 2. The van der Waals surface area contributed by atoms with Gasteiger partial charge in [0.05, 0.1) is 10.7 Å². The summed E-state index contributed by atoms with van der Waals surface area (Å²) in [4.78, 5) is 2.46. The van der Waals surface area contributed by atoms with E-state index < -0.39 is 0 Å². The molecule has 0 aliphatic carbocycles. The van der Waals surface area contributed by atoms with Crippen LogP contribution in [0.2, 0.25) is 5.02 Å². The van der Waals surface area contributed by atoms with Crippen molar-refractivity contribution in [2.45, 2.75) is 53.1 Å². The first-order chi connectivity index (χ1) is 9.39. The van der Waals surface area contributed by atoms with Crippen LogP contribution in [0.25, 0.3) is 0 Å². The second-order valence-electron chi connectivity index (χ2n) is 6.93. The number of halogens is 1. The molecular formula is C17H27ClN2. The van der Waals surface area contributed by atoms with Crippen molar-refractivity contribution in [2.24, 2.45) is 5.41 Å². The quantitative estimate of drug-likeness (QED) is 0.882. The Labute approximate surface area is 128 Å². The van der Waals surface area contributed by atoms with Gasteiger partial charge in [-0.1, -0.05) is 51.4 Å². The predicted octanol–water partition coefficient (Wildman–Crippen LogP) is 4.46. The van der Waals surface area contributed by atoms with Gasteiger partial charge in [0.1, 0.15) is 0 Å². The van der Waals surface area contributed by atoms with Gasteiger partial charge in [0.2, 0.25) is 0 Å².